The molecule has 5 atom stereocenters. The van der Waals surface area contributed by atoms with Crippen molar-refractivity contribution in [3.05, 3.63) is 187 Å². The first-order valence-corrected chi connectivity index (χ1v) is 37.9. The van der Waals surface area contributed by atoms with Crippen LogP contribution in [0.1, 0.15) is 112 Å². The van der Waals surface area contributed by atoms with Gasteiger partial charge in [-0.25, -0.2) is 19.9 Å². The molecule has 0 bridgehead atoms. The summed E-state index contributed by atoms with van der Waals surface area (Å²) in [5.41, 5.74) is 7.05. The van der Waals surface area contributed by atoms with Gasteiger partial charge in [-0.05, 0) is 187 Å². The molecule has 4 fully saturated rings. The van der Waals surface area contributed by atoms with Gasteiger partial charge in [0.25, 0.3) is 0 Å². The van der Waals surface area contributed by atoms with Crippen LogP contribution in [0.4, 0.5) is 46.5 Å². The fraction of sp³-hybridized carbons (Fsp3) is 0.380. The van der Waals surface area contributed by atoms with Crippen molar-refractivity contribution in [1.29, 1.82) is 0 Å². The second-order valence-corrected chi connectivity index (χ2v) is 29.4. The minimum absolute atomic E-state index is 0.0443. The molecular weight excluding hydrogens is 1570 g/mol. The van der Waals surface area contributed by atoms with Crippen LogP contribution in [0.25, 0.3) is 22.6 Å². The Balaban J connectivity index is 0.000000122. The summed E-state index contributed by atoms with van der Waals surface area (Å²) in [5.74, 6) is 6.50. The van der Waals surface area contributed by atoms with Crippen molar-refractivity contribution in [2.24, 2.45) is 0 Å². The lowest BCUT2D eigenvalue weighted by molar-refractivity contribution is 0.171. The Morgan fingerprint density at radius 3 is 1.19 bits per heavy atom. The van der Waals surface area contributed by atoms with Crippen LogP contribution in [0, 0.1) is 0 Å². The summed E-state index contributed by atoms with van der Waals surface area (Å²) in [6.07, 6.45) is 34.7. The van der Waals surface area contributed by atoms with Crippen molar-refractivity contribution in [3.63, 3.8) is 0 Å². The van der Waals surface area contributed by atoms with E-state index in [0.29, 0.717) is 32.2 Å². The number of rotatable bonds is 22. The lowest BCUT2D eigenvalue weighted by Crippen LogP contribution is -2.40. The van der Waals surface area contributed by atoms with Crippen LogP contribution in [-0.2, 0) is 26.2 Å². The number of piperidine rings is 1. The first-order valence-electron chi connectivity index (χ1n) is 34.7. The van der Waals surface area contributed by atoms with Crippen molar-refractivity contribution < 1.29 is 20.4 Å². The molecule has 32 heteroatoms. The van der Waals surface area contributed by atoms with Crippen LogP contribution in [0.3, 0.4) is 0 Å². The number of aliphatic hydroxyl groups excluding tert-OH is 4. The molecule has 0 radical (unpaired) electrons. The highest BCUT2D eigenvalue weighted by Crippen LogP contribution is 2.36. The van der Waals surface area contributed by atoms with E-state index >= 15 is 0 Å². The Morgan fingerprint density at radius 2 is 0.825 bits per heavy atom. The smallest absolute Gasteiger partial charge is 0.173 e. The number of fused-ring (bicyclic) bond motifs is 4. The second-order valence-electron chi connectivity index (χ2n) is 26.0. The molecule has 0 spiro atoms. The molecule has 1 saturated heterocycles. The molecule has 11 N–H and O–H groups in total. The predicted octanol–water partition coefficient (Wildman–Crippen LogP) is 12.1. The summed E-state index contributed by atoms with van der Waals surface area (Å²) >= 11 is 14.1. The molecule has 1 unspecified atom stereocenters. The van der Waals surface area contributed by atoms with E-state index in [0.717, 1.165) is 199 Å². The predicted molar refractivity (Wildman–Crippen MR) is 412 cm³/mol. The van der Waals surface area contributed by atoms with E-state index in [1.165, 1.54) is 6.42 Å². The van der Waals surface area contributed by atoms with Crippen LogP contribution in [0.5, 0.6) is 0 Å². The Morgan fingerprint density at radius 1 is 0.437 bits per heavy atom. The van der Waals surface area contributed by atoms with Gasteiger partial charge in [-0.3, -0.25) is 19.9 Å². The highest BCUT2D eigenvalue weighted by Gasteiger charge is 2.34. The van der Waals surface area contributed by atoms with Crippen molar-refractivity contribution in [1.82, 2.24) is 78.3 Å². The van der Waals surface area contributed by atoms with Crippen LogP contribution in [0.15, 0.2) is 165 Å². The first-order chi connectivity index (χ1) is 50.4. The maximum absolute atomic E-state index is 10.1. The third kappa shape index (κ3) is 18.2. The second kappa shape index (κ2) is 34.7. The van der Waals surface area contributed by atoms with Crippen molar-refractivity contribution >= 4 is 133 Å². The summed E-state index contributed by atoms with van der Waals surface area (Å²) < 4.78 is 10.5. The van der Waals surface area contributed by atoms with Crippen LogP contribution < -0.4 is 42.1 Å². The average molecular weight is 1660 g/mol. The Hall–Kier alpha value is -8.76. The molecule has 538 valence electrons. The fourth-order valence-corrected chi connectivity index (χ4v) is 14.8. The molecule has 28 nitrogen and oxygen atoms in total. The number of aliphatic hydroxyl groups is 4. The fourth-order valence-electron chi connectivity index (χ4n) is 13.4. The summed E-state index contributed by atoms with van der Waals surface area (Å²) in [6.45, 7) is 3.83. The molecule has 16 rings (SSSR count). The number of anilines is 8. The molecule has 1 aliphatic heterocycles. The minimum atomic E-state index is -0.321. The molecule has 13 heterocycles. The third-order valence-electron chi connectivity index (χ3n) is 18.8. The van der Waals surface area contributed by atoms with Crippen molar-refractivity contribution in [3.8, 4) is 0 Å². The summed E-state index contributed by atoms with van der Waals surface area (Å²) in [5, 5.41) is 80.9. The first kappa shape index (κ1) is 72.6. The summed E-state index contributed by atoms with van der Waals surface area (Å²) in [6, 6.07) is 24.0. The van der Waals surface area contributed by atoms with Gasteiger partial charge in [-0.1, -0.05) is 37.1 Å². The molecule has 4 aliphatic rings. The zero-order valence-corrected chi connectivity index (χ0v) is 62.8. The van der Waals surface area contributed by atoms with E-state index in [1.54, 1.807) is 63.1 Å². The molecule has 0 amide bonds. The van der Waals surface area contributed by atoms with Gasteiger partial charge in [0.05, 0.1) is 79.1 Å². The van der Waals surface area contributed by atoms with Gasteiger partial charge in [0.1, 0.15) is 46.5 Å². The average Bonchev–Trinajstić information content (AvgIpc) is 1.76. The van der Waals surface area contributed by atoms with Gasteiger partial charge in [-0.15, -0.1) is 0 Å². The Bertz CT molecular complexity index is 4560. The lowest BCUT2D eigenvalue weighted by atomic mass is 9.99. The van der Waals surface area contributed by atoms with E-state index in [2.05, 4.69) is 167 Å². The summed E-state index contributed by atoms with van der Waals surface area (Å²) in [4.78, 5) is 37.7. The molecule has 103 heavy (non-hydrogen) atoms. The van der Waals surface area contributed by atoms with Gasteiger partial charge >= 0.3 is 0 Å². The number of aromatic nitrogens is 16. The normalized spacial score (nSPS) is 18.4. The van der Waals surface area contributed by atoms with E-state index in [1.807, 2.05) is 96.0 Å². The van der Waals surface area contributed by atoms with Crippen molar-refractivity contribution in [2.45, 2.75) is 152 Å². The van der Waals surface area contributed by atoms with Gasteiger partial charge in [-0.2, -0.15) is 38.5 Å². The number of halogens is 4. The maximum Gasteiger partial charge on any atom is 0.173 e. The number of nitrogens with one attached hydrogen (secondary N) is 7. The monoisotopic (exact) mass is 1650 g/mol. The molecule has 12 aromatic heterocycles. The number of nitrogens with zero attached hydrogens (tertiary/aromatic N) is 17. The quantitative estimate of drug-likeness (QED) is 0.0300. The number of hydrogen-bond donors (Lipinski definition) is 11. The zero-order valence-electron chi connectivity index (χ0n) is 56.5. The lowest BCUT2D eigenvalue weighted by Gasteiger charge is -2.36. The zero-order chi connectivity index (χ0) is 71.1. The largest absolute Gasteiger partial charge is 0.396 e. The summed E-state index contributed by atoms with van der Waals surface area (Å²) in [7, 11) is 0. The molecule has 3 saturated carbocycles. The highest BCUT2D eigenvalue weighted by atomic mass is 79.9. The Kier molecular flexibility index (Phi) is 24.4. The van der Waals surface area contributed by atoms with E-state index in [9.17, 15) is 20.4 Å². The van der Waals surface area contributed by atoms with E-state index < -0.39 is 0 Å². The van der Waals surface area contributed by atoms with Crippen molar-refractivity contribution in [2.75, 3.05) is 61.9 Å². The van der Waals surface area contributed by atoms with Gasteiger partial charge < -0.3 is 62.5 Å². The van der Waals surface area contributed by atoms with Gasteiger partial charge in [0.15, 0.2) is 22.6 Å². The maximum atomic E-state index is 10.1. The van der Waals surface area contributed by atoms with Crippen LogP contribution in [-0.4, -0.2) is 154 Å². The number of hydrogen-bond acceptors (Lipinski definition) is 24. The third-order valence-corrected chi connectivity index (χ3v) is 21.0. The Labute approximate surface area is 628 Å². The molecule has 3 aliphatic carbocycles. The molecular formula is C71H82Br4N24O4. The molecule has 12 aromatic rings. The van der Waals surface area contributed by atoms with E-state index in [4.69, 9.17) is 4.98 Å². The molecule has 0 aromatic carbocycles. The minimum Gasteiger partial charge on any atom is -0.396 e. The van der Waals surface area contributed by atoms with E-state index in [-0.39, 0.29) is 43.0 Å². The topological polar surface area (TPSA) is 341 Å². The van der Waals surface area contributed by atoms with Crippen LogP contribution in [0.2, 0.25) is 0 Å². The van der Waals surface area contributed by atoms with Gasteiger partial charge in [0.2, 0.25) is 0 Å². The van der Waals surface area contributed by atoms with Crippen LogP contribution >= 0.6 is 63.7 Å². The van der Waals surface area contributed by atoms with Gasteiger partial charge in [0, 0.05) is 119 Å². The highest BCUT2D eigenvalue weighted by molar-refractivity contribution is 9.11. The number of pyridine rings is 4. The SMILES string of the molecule is OCC1(Nc2cc(NCc3cccnc3)n3ncc(Br)c3n2)CCCC1.OCCC1CCCCN1c1cc(NCc2cccnc2)n2ncc(Br)c2n1.O[C@@H]1CCC[C@H]1Nc1cc(NCc2cccnc2)n2ncc(Br)c2n1.O[C@H]1CCC[C@@H]1Nc1cc(NCc2cccnc2)n2ncc(Br)c2n1. The standard InChI is InChI=1S/C19H23BrN6O.C18H21BrN6O.2C17H19BrN6O/c20-16-13-23-26-17(22-12-14-4-3-7-21-11-14)10-18(24-19(16)26)25-8-2-1-5-15(25)6-9-27;19-14-11-22-25-16(21-10-13-4-3-7-20-9-13)8-15(23-17(14)25)24-18(12-26)5-1-2-6-18;2*18-12-10-21-24-16(20-9-11-3-2-6-19-8-11)7-15(23-17(12)24)22-13-4-1-5-14(13)25/h3-4,7,10-11,13,15,22,27H,1-2,5-6,8-9,12H2;3-4,7-9,11,21,26H,1-2,5-6,10,12H2,(H,23,24);2*2-3,6-8,10,13-14,20,25H,1,4-5,9H2,(H,22,23)/t;;2*13-,14-/m..10/s1.